The molecule has 1 aromatic heterocycles. The third-order valence-corrected chi connectivity index (χ3v) is 7.13. The molecular weight excluding hydrogens is 512 g/mol. The van der Waals surface area contributed by atoms with Crippen LogP contribution in [0.5, 0.6) is 0 Å². The standard InChI is InChI=1S/C27H19ClN4O2S2/c1-17-11-13-18(14-12-17)24-19(16-31(29-24)20-7-3-2-4-8-20)15-23-26(34)32(27(35)36-23)30-25(33)21-9-5-6-10-22(21)28/h2-16H,1H3,(H,30,33)/b23-15-. The van der Waals surface area contributed by atoms with E-state index in [0.717, 1.165) is 44.8 Å². The molecule has 0 radical (unpaired) electrons. The number of hydrogen-bond acceptors (Lipinski definition) is 5. The van der Waals surface area contributed by atoms with Gasteiger partial charge >= 0.3 is 0 Å². The molecular formula is C27H19ClN4O2S2. The highest BCUT2D eigenvalue weighted by molar-refractivity contribution is 8.26. The van der Waals surface area contributed by atoms with Crippen LogP contribution in [0.3, 0.4) is 0 Å². The Bertz CT molecular complexity index is 1510. The zero-order valence-corrected chi connectivity index (χ0v) is 21.4. The Balaban J connectivity index is 1.48. The third kappa shape index (κ3) is 4.83. The Hall–Kier alpha value is -3.72. The van der Waals surface area contributed by atoms with Gasteiger partial charge in [0, 0.05) is 17.3 Å². The number of aryl methyl sites for hydroxylation is 1. The molecule has 0 unspecified atom stereocenters. The number of carbonyl (C=O) groups excluding carboxylic acids is 2. The SMILES string of the molecule is Cc1ccc(-c2nn(-c3ccccc3)cc2/C=C2\SC(=S)N(NC(=O)c3ccccc3Cl)C2=O)cc1. The number of aromatic nitrogens is 2. The number of para-hydroxylation sites is 1. The first kappa shape index (κ1) is 24.0. The van der Waals surface area contributed by atoms with Crippen molar-refractivity contribution in [2.24, 2.45) is 0 Å². The smallest absolute Gasteiger partial charge is 0.267 e. The first-order valence-electron chi connectivity index (χ1n) is 11.0. The number of nitrogens with zero attached hydrogens (tertiary/aromatic N) is 3. The summed E-state index contributed by atoms with van der Waals surface area (Å²) in [5.41, 5.74) is 7.25. The number of thiocarbonyl (C=S) groups is 1. The lowest BCUT2D eigenvalue weighted by Crippen LogP contribution is -2.44. The largest absolute Gasteiger partial charge is 0.285 e. The second-order valence-corrected chi connectivity index (χ2v) is 10.1. The Labute approximate surface area is 222 Å². The first-order chi connectivity index (χ1) is 17.4. The molecule has 178 valence electrons. The van der Waals surface area contributed by atoms with Crippen molar-refractivity contribution in [3.8, 4) is 16.9 Å². The number of rotatable bonds is 5. The van der Waals surface area contributed by atoms with Crippen LogP contribution in [-0.2, 0) is 4.79 Å². The number of amides is 2. The second-order valence-electron chi connectivity index (χ2n) is 8.02. The van der Waals surface area contributed by atoms with Crippen molar-refractivity contribution in [1.82, 2.24) is 20.2 Å². The minimum absolute atomic E-state index is 0.221. The van der Waals surface area contributed by atoms with Gasteiger partial charge in [-0.1, -0.05) is 83.5 Å². The molecule has 6 nitrogen and oxygen atoms in total. The molecule has 0 spiro atoms. The van der Waals surface area contributed by atoms with Crippen LogP contribution in [0.1, 0.15) is 21.5 Å². The van der Waals surface area contributed by atoms with Gasteiger partial charge in [0.05, 0.1) is 26.9 Å². The highest BCUT2D eigenvalue weighted by atomic mass is 35.5. The summed E-state index contributed by atoms with van der Waals surface area (Å²) in [5.74, 6) is -0.942. The molecule has 1 aliphatic rings. The summed E-state index contributed by atoms with van der Waals surface area (Å²) in [6.07, 6.45) is 3.63. The Morgan fingerprint density at radius 1 is 1.03 bits per heavy atom. The fourth-order valence-electron chi connectivity index (χ4n) is 3.65. The van der Waals surface area contributed by atoms with Crippen molar-refractivity contribution < 1.29 is 9.59 Å². The number of nitrogens with one attached hydrogen (secondary N) is 1. The Kier molecular flexibility index (Phi) is 6.73. The number of hydrazine groups is 1. The van der Waals surface area contributed by atoms with Crippen LogP contribution >= 0.6 is 35.6 Å². The molecule has 0 atom stereocenters. The van der Waals surface area contributed by atoms with E-state index in [2.05, 4.69) is 5.43 Å². The van der Waals surface area contributed by atoms with E-state index in [4.69, 9.17) is 28.9 Å². The van der Waals surface area contributed by atoms with E-state index in [9.17, 15) is 9.59 Å². The van der Waals surface area contributed by atoms with Crippen LogP contribution in [0.25, 0.3) is 23.0 Å². The summed E-state index contributed by atoms with van der Waals surface area (Å²) < 4.78 is 2.00. The normalized spacial score (nSPS) is 14.5. The van der Waals surface area contributed by atoms with Gasteiger partial charge < -0.3 is 0 Å². The van der Waals surface area contributed by atoms with Crippen LogP contribution in [0.2, 0.25) is 5.02 Å². The molecule has 0 aliphatic carbocycles. The molecule has 1 saturated heterocycles. The van der Waals surface area contributed by atoms with Crippen LogP contribution in [0.15, 0.2) is 90.0 Å². The summed E-state index contributed by atoms with van der Waals surface area (Å²) in [6.45, 7) is 2.02. The van der Waals surface area contributed by atoms with Gasteiger partial charge in [0.2, 0.25) is 0 Å². The van der Waals surface area contributed by atoms with Crippen molar-refractivity contribution in [3.63, 3.8) is 0 Å². The van der Waals surface area contributed by atoms with Gasteiger partial charge in [-0.2, -0.15) is 10.1 Å². The molecule has 2 heterocycles. The molecule has 36 heavy (non-hydrogen) atoms. The third-order valence-electron chi connectivity index (χ3n) is 5.50. The van der Waals surface area contributed by atoms with E-state index in [1.165, 1.54) is 0 Å². The van der Waals surface area contributed by atoms with Gasteiger partial charge in [-0.25, -0.2) is 4.68 Å². The predicted molar refractivity (Wildman–Crippen MR) is 148 cm³/mol. The Morgan fingerprint density at radius 2 is 1.72 bits per heavy atom. The molecule has 0 bridgehead atoms. The quantitative estimate of drug-likeness (QED) is 0.251. The minimum Gasteiger partial charge on any atom is -0.267 e. The zero-order valence-electron chi connectivity index (χ0n) is 19.0. The highest BCUT2D eigenvalue weighted by Gasteiger charge is 2.34. The molecule has 1 fully saturated rings. The lowest BCUT2D eigenvalue weighted by molar-refractivity contribution is -0.123. The second kappa shape index (κ2) is 10.1. The molecule has 1 N–H and O–H groups in total. The molecule has 3 aromatic carbocycles. The van der Waals surface area contributed by atoms with Gasteiger partial charge in [0.15, 0.2) is 4.32 Å². The number of hydrogen-bond donors (Lipinski definition) is 1. The van der Waals surface area contributed by atoms with Crippen LogP contribution in [0, 0.1) is 6.92 Å². The van der Waals surface area contributed by atoms with Gasteiger partial charge in [-0.3, -0.25) is 15.0 Å². The number of thioether (sulfide) groups is 1. The average Bonchev–Trinajstić information content (AvgIpc) is 3.42. The van der Waals surface area contributed by atoms with Crippen molar-refractivity contribution in [1.29, 1.82) is 0 Å². The zero-order chi connectivity index (χ0) is 25.2. The van der Waals surface area contributed by atoms with Gasteiger partial charge in [0.1, 0.15) is 0 Å². The van der Waals surface area contributed by atoms with Crippen molar-refractivity contribution in [2.75, 3.05) is 0 Å². The first-order valence-corrected chi connectivity index (χ1v) is 12.6. The van der Waals surface area contributed by atoms with E-state index in [-0.39, 0.29) is 14.9 Å². The van der Waals surface area contributed by atoms with Gasteiger partial charge in [-0.05, 0) is 49.5 Å². The van der Waals surface area contributed by atoms with E-state index in [0.29, 0.717) is 4.91 Å². The Morgan fingerprint density at radius 3 is 2.44 bits per heavy atom. The fraction of sp³-hybridized carbons (Fsp3) is 0.0370. The maximum atomic E-state index is 13.2. The summed E-state index contributed by atoms with van der Waals surface area (Å²) in [6, 6.07) is 24.4. The fourth-order valence-corrected chi connectivity index (χ4v) is 5.05. The molecule has 4 aromatic rings. The van der Waals surface area contributed by atoms with E-state index in [1.807, 2.05) is 67.7 Å². The topological polar surface area (TPSA) is 67.2 Å². The number of benzene rings is 3. The lowest BCUT2D eigenvalue weighted by atomic mass is 10.1. The number of halogens is 1. The van der Waals surface area contributed by atoms with Crippen LogP contribution in [-0.4, -0.2) is 30.9 Å². The molecule has 2 amide bonds. The van der Waals surface area contributed by atoms with E-state index < -0.39 is 11.8 Å². The van der Waals surface area contributed by atoms with Gasteiger partial charge in [0.25, 0.3) is 11.8 Å². The van der Waals surface area contributed by atoms with E-state index >= 15 is 0 Å². The number of carbonyl (C=O) groups is 2. The monoisotopic (exact) mass is 530 g/mol. The van der Waals surface area contributed by atoms with Crippen LogP contribution in [0.4, 0.5) is 0 Å². The summed E-state index contributed by atoms with van der Waals surface area (Å²) in [4.78, 5) is 26.3. The van der Waals surface area contributed by atoms with E-state index in [1.54, 1.807) is 35.0 Å². The maximum Gasteiger partial charge on any atom is 0.285 e. The molecule has 9 heteroatoms. The van der Waals surface area contributed by atoms with Gasteiger partial charge in [-0.15, -0.1) is 0 Å². The summed E-state index contributed by atoms with van der Waals surface area (Å²) >= 11 is 12.6. The minimum atomic E-state index is -0.518. The maximum absolute atomic E-state index is 13.2. The van der Waals surface area contributed by atoms with Crippen molar-refractivity contribution >= 4 is 57.8 Å². The molecule has 1 aliphatic heterocycles. The lowest BCUT2D eigenvalue weighted by Gasteiger charge is -2.16. The summed E-state index contributed by atoms with van der Waals surface area (Å²) in [5, 5.41) is 6.16. The predicted octanol–water partition coefficient (Wildman–Crippen LogP) is 6.05. The van der Waals surface area contributed by atoms with Crippen molar-refractivity contribution in [2.45, 2.75) is 6.92 Å². The molecule has 0 saturated carbocycles. The summed E-state index contributed by atoms with van der Waals surface area (Å²) in [7, 11) is 0. The average molecular weight is 531 g/mol. The highest BCUT2D eigenvalue weighted by Crippen LogP contribution is 2.34. The molecule has 5 rings (SSSR count). The van der Waals surface area contributed by atoms with Crippen molar-refractivity contribution in [3.05, 3.63) is 112 Å². The van der Waals surface area contributed by atoms with Crippen LogP contribution < -0.4 is 5.43 Å².